The van der Waals surface area contributed by atoms with Crippen LogP contribution in [0.25, 0.3) is 5.69 Å². The molecular weight excluding hydrogens is 344 g/mol. The highest BCUT2D eigenvalue weighted by Gasteiger charge is 2.19. The van der Waals surface area contributed by atoms with Crippen LogP contribution in [-0.4, -0.2) is 35.1 Å². The molecule has 0 aliphatic heterocycles. The molecule has 0 fully saturated rings. The van der Waals surface area contributed by atoms with E-state index in [4.69, 9.17) is 9.47 Å². The van der Waals surface area contributed by atoms with E-state index >= 15 is 0 Å². The molecule has 0 aliphatic carbocycles. The van der Waals surface area contributed by atoms with Crippen LogP contribution in [0.5, 0.6) is 11.5 Å². The van der Waals surface area contributed by atoms with Crippen molar-refractivity contribution in [3.8, 4) is 17.2 Å². The fourth-order valence-corrected chi connectivity index (χ4v) is 2.95. The van der Waals surface area contributed by atoms with Gasteiger partial charge in [0.1, 0.15) is 11.5 Å². The first-order chi connectivity index (χ1) is 12.9. The van der Waals surface area contributed by atoms with Crippen LogP contribution in [0.3, 0.4) is 0 Å². The van der Waals surface area contributed by atoms with Crippen molar-refractivity contribution in [1.82, 2.24) is 15.0 Å². The molecule has 1 aromatic heterocycles. The largest absolute Gasteiger partial charge is 0.497 e. The lowest BCUT2D eigenvalue weighted by atomic mass is 10.1. The topological polar surface area (TPSA) is 78.3 Å². The number of carbonyl (C=O) groups excluding carboxylic acids is 1. The van der Waals surface area contributed by atoms with Gasteiger partial charge >= 0.3 is 0 Å². The van der Waals surface area contributed by atoms with E-state index in [9.17, 15) is 4.79 Å². The zero-order valence-corrected chi connectivity index (χ0v) is 16.0. The lowest BCUT2D eigenvalue weighted by Gasteiger charge is -2.11. The quantitative estimate of drug-likeness (QED) is 0.748. The van der Waals surface area contributed by atoms with Crippen LogP contribution in [0, 0.1) is 20.8 Å². The van der Waals surface area contributed by atoms with Crippen LogP contribution < -0.4 is 14.8 Å². The van der Waals surface area contributed by atoms with E-state index < -0.39 is 0 Å². The monoisotopic (exact) mass is 366 g/mol. The molecule has 0 aliphatic rings. The van der Waals surface area contributed by atoms with Crippen molar-refractivity contribution in [2.24, 2.45) is 0 Å². The summed E-state index contributed by atoms with van der Waals surface area (Å²) in [5.74, 6) is 0.778. The number of ether oxygens (including phenoxy) is 2. The van der Waals surface area contributed by atoms with Crippen LogP contribution in [-0.2, 0) is 0 Å². The lowest BCUT2D eigenvalue weighted by molar-refractivity contribution is 0.102. The molecule has 27 heavy (non-hydrogen) atoms. The summed E-state index contributed by atoms with van der Waals surface area (Å²) < 4.78 is 12.2. The van der Waals surface area contributed by atoms with Gasteiger partial charge in [-0.1, -0.05) is 11.3 Å². The predicted molar refractivity (Wildman–Crippen MR) is 103 cm³/mol. The number of aryl methyl sites for hydroxylation is 2. The van der Waals surface area contributed by atoms with E-state index in [1.54, 1.807) is 37.1 Å². The molecule has 1 amide bonds. The van der Waals surface area contributed by atoms with Crippen molar-refractivity contribution in [3.63, 3.8) is 0 Å². The normalized spacial score (nSPS) is 10.6. The summed E-state index contributed by atoms with van der Waals surface area (Å²) in [5.41, 5.74) is 4.51. The second-order valence-corrected chi connectivity index (χ2v) is 6.30. The number of rotatable bonds is 5. The maximum absolute atomic E-state index is 12.8. The number of amides is 1. The fourth-order valence-electron chi connectivity index (χ4n) is 2.95. The maximum atomic E-state index is 12.8. The minimum absolute atomic E-state index is 0.249. The summed E-state index contributed by atoms with van der Waals surface area (Å²) in [4.78, 5) is 12.8. The highest BCUT2D eigenvalue weighted by molar-refractivity contribution is 6.04. The molecular formula is C20H22N4O3. The Morgan fingerprint density at radius 3 is 2.33 bits per heavy atom. The Balaban J connectivity index is 1.92. The summed E-state index contributed by atoms with van der Waals surface area (Å²) in [7, 11) is 3.10. The van der Waals surface area contributed by atoms with Gasteiger partial charge in [-0.2, -0.15) is 0 Å². The minimum atomic E-state index is -0.366. The smallest absolute Gasteiger partial charge is 0.278 e. The molecule has 0 bridgehead atoms. The number of carbonyl (C=O) groups is 1. The Morgan fingerprint density at radius 1 is 1.00 bits per heavy atom. The first-order valence-corrected chi connectivity index (χ1v) is 8.47. The summed E-state index contributed by atoms with van der Waals surface area (Å²) in [6, 6.07) is 11.3. The van der Waals surface area contributed by atoms with Crippen molar-refractivity contribution >= 4 is 11.6 Å². The van der Waals surface area contributed by atoms with E-state index in [0.29, 0.717) is 22.9 Å². The van der Waals surface area contributed by atoms with Gasteiger partial charge in [0.05, 0.1) is 31.3 Å². The second kappa shape index (κ2) is 7.49. The third-order valence-electron chi connectivity index (χ3n) is 4.22. The van der Waals surface area contributed by atoms with Crippen LogP contribution in [0.2, 0.25) is 0 Å². The molecule has 3 rings (SSSR count). The molecule has 0 spiro atoms. The van der Waals surface area contributed by atoms with Gasteiger partial charge in [0.2, 0.25) is 0 Å². The van der Waals surface area contributed by atoms with Gasteiger partial charge in [-0.05, 0) is 56.2 Å². The standard InChI is InChI=1S/C20H22N4O3/c1-12-8-13(2)10-15(9-12)24-14(3)19(22-23-24)20(25)21-17-11-16(26-4)6-7-18(17)27-5/h6-11H,1-5H3,(H,21,25). The molecule has 0 saturated heterocycles. The number of methoxy groups -OCH3 is 2. The van der Waals surface area contributed by atoms with Crippen LogP contribution in [0.4, 0.5) is 5.69 Å². The number of hydrogen-bond donors (Lipinski definition) is 1. The second-order valence-electron chi connectivity index (χ2n) is 6.30. The molecule has 0 saturated carbocycles. The molecule has 3 aromatic rings. The van der Waals surface area contributed by atoms with E-state index in [-0.39, 0.29) is 11.6 Å². The molecule has 0 radical (unpaired) electrons. The molecule has 1 heterocycles. The first kappa shape index (κ1) is 18.4. The maximum Gasteiger partial charge on any atom is 0.278 e. The molecule has 1 N–H and O–H groups in total. The van der Waals surface area contributed by atoms with E-state index in [0.717, 1.165) is 16.8 Å². The van der Waals surface area contributed by atoms with E-state index in [2.05, 4.69) is 21.7 Å². The highest BCUT2D eigenvalue weighted by atomic mass is 16.5. The summed E-state index contributed by atoms with van der Waals surface area (Å²) in [6.45, 7) is 5.85. The highest BCUT2D eigenvalue weighted by Crippen LogP contribution is 2.29. The number of aromatic nitrogens is 3. The molecule has 140 valence electrons. The molecule has 7 heteroatoms. The Morgan fingerprint density at radius 2 is 1.70 bits per heavy atom. The zero-order valence-electron chi connectivity index (χ0n) is 16.0. The average Bonchev–Trinajstić information content (AvgIpc) is 3.02. The SMILES string of the molecule is COc1ccc(OC)c(NC(=O)c2nnn(-c3cc(C)cc(C)c3)c2C)c1. The Bertz CT molecular complexity index is 975. The van der Waals surface area contributed by atoms with Gasteiger partial charge in [-0.3, -0.25) is 4.79 Å². The summed E-state index contributed by atoms with van der Waals surface area (Å²) in [6.07, 6.45) is 0. The number of hydrogen-bond acceptors (Lipinski definition) is 5. The van der Waals surface area contributed by atoms with Crippen molar-refractivity contribution in [2.45, 2.75) is 20.8 Å². The van der Waals surface area contributed by atoms with Gasteiger partial charge in [0.15, 0.2) is 5.69 Å². The van der Waals surface area contributed by atoms with Gasteiger partial charge < -0.3 is 14.8 Å². The van der Waals surface area contributed by atoms with Crippen LogP contribution in [0.1, 0.15) is 27.3 Å². The van der Waals surface area contributed by atoms with Gasteiger partial charge in [-0.25, -0.2) is 4.68 Å². The molecule has 0 atom stereocenters. The van der Waals surface area contributed by atoms with E-state index in [1.165, 1.54) is 0 Å². The van der Waals surface area contributed by atoms with Crippen LogP contribution >= 0.6 is 0 Å². The predicted octanol–water partition coefficient (Wildman–Crippen LogP) is 3.46. The molecule has 0 unspecified atom stereocenters. The van der Waals surface area contributed by atoms with Crippen molar-refractivity contribution in [3.05, 3.63) is 58.9 Å². The number of nitrogens with one attached hydrogen (secondary N) is 1. The van der Waals surface area contributed by atoms with Crippen LogP contribution in [0.15, 0.2) is 36.4 Å². The van der Waals surface area contributed by atoms with Gasteiger partial charge in [-0.15, -0.1) is 5.10 Å². The van der Waals surface area contributed by atoms with Crippen molar-refractivity contribution in [1.29, 1.82) is 0 Å². The third kappa shape index (κ3) is 3.76. The molecule has 2 aromatic carbocycles. The van der Waals surface area contributed by atoms with Gasteiger partial charge in [0, 0.05) is 6.07 Å². The Kier molecular flexibility index (Phi) is 5.12. The van der Waals surface area contributed by atoms with Gasteiger partial charge in [0.25, 0.3) is 5.91 Å². The van der Waals surface area contributed by atoms with E-state index in [1.807, 2.05) is 32.9 Å². The molecule has 7 nitrogen and oxygen atoms in total. The number of nitrogens with zero attached hydrogens (tertiary/aromatic N) is 3. The fraction of sp³-hybridized carbons (Fsp3) is 0.250. The number of benzene rings is 2. The Hall–Kier alpha value is -3.35. The third-order valence-corrected chi connectivity index (χ3v) is 4.22. The zero-order chi connectivity index (χ0) is 19.6. The van der Waals surface area contributed by atoms with Crippen molar-refractivity contribution < 1.29 is 14.3 Å². The summed E-state index contributed by atoms with van der Waals surface area (Å²) >= 11 is 0. The Labute approximate surface area is 157 Å². The number of anilines is 1. The summed E-state index contributed by atoms with van der Waals surface area (Å²) in [5, 5.41) is 11.1. The minimum Gasteiger partial charge on any atom is -0.497 e. The average molecular weight is 366 g/mol. The lowest BCUT2D eigenvalue weighted by Crippen LogP contribution is -2.15. The van der Waals surface area contributed by atoms with Crippen molar-refractivity contribution in [2.75, 3.05) is 19.5 Å². The first-order valence-electron chi connectivity index (χ1n) is 8.47.